The smallest absolute Gasteiger partial charge is 0.426 e. The molecule has 2 aromatic rings. The summed E-state index contributed by atoms with van der Waals surface area (Å²) in [5.74, 6) is 6.30. The molecule has 0 saturated carbocycles. The summed E-state index contributed by atoms with van der Waals surface area (Å²) < 4.78 is 27.6. The molecular weight excluding hydrogens is 580 g/mol. The second-order valence-electron chi connectivity index (χ2n) is 11.1. The molecule has 12 nitrogen and oxygen atoms in total. The number of hydrazine groups is 1. The van der Waals surface area contributed by atoms with E-state index in [1.54, 1.807) is 30.0 Å². The summed E-state index contributed by atoms with van der Waals surface area (Å²) in [6, 6.07) is 12.4. The topological polar surface area (TPSA) is 137 Å². The van der Waals surface area contributed by atoms with Crippen molar-refractivity contribution >= 4 is 23.9 Å². The van der Waals surface area contributed by atoms with Gasteiger partial charge in [0, 0.05) is 50.2 Å². The van der Waals surface area contributed by atoms with Crippen molar-refractivity contribution < 1.29 is 38.1 Å². The van der Waals surface area contributed by atoms with Crippen molar-refractivity contribution in [3.63, 3.8) is 0 Å². The van der Waals surface area contributed by atoms with Gasteiger partial charge in [0.1, 0.15) is 11.9 Å². The SMILES string of the molecule is CCOC(=O)NNC(=O)Nc1cccc(C#CCCOCCCCCCN2C[C@@H](c3ccc4c(c3)COC(C)(C)O4)OC2=O)c1. The van der Waals surface area contributed by atoms with Gasteiger partial charge >= 0.3 is 18.2 Å². The molecule has 1 atom stereocenters. The van der Waals surface area contributed by atoms with E-state index in [4.69, 9.17) is 18.9 Å². The number of carbonyl (C=O) groups is 3. The summed E-state index contributed by atoms with van der Waals surface area (Å²) >= 11 is 0. The van der Waals surface area contributed by atoms with Crippen LogP contribution in [0.1, 0.15) is 75.7 Å². The van der Waals surface area contributed by atoms with E-state index >= 15 is 0 Å². The molecule has 0 spiro atoms. The molecule has 12 heteroatoms. The molecule has 0 unspecified atom stereocenters. The highest BCUT2D eigenvalue weighted by Crippen LogP contribution is 2.35. The van der Waals surface area contributed by atoms with Crippen molar-refractivity contribution in [3.05, 3.63) is 59.2 Å². The summed E-state index contributed by atoms with van der Waals surface area (Å²) in [6.45, 7) is 8.51. The van der Waals surface area contributed by atoms with Crippen LogP contribution in [0.4, 0.5) is 20.1 Å². The summed E-state index contributed by atoms with van der Waals surface area (Å²) in [4.78, 5) is 37.3. The first kappa shape index (κ1) is 33.4. The Morgan fingerprint density at radius 1 is 1.07 bits per heavy atom. The Labute approximate surface area is 264 Å². The summed E-state index contributed by atoms with van der Waals surface area (Å²) in [7, 11) is 0. The van der Waals surface area contributed by atoms with Gasteiger partial charge in [-0.3, -0.25) is 0 Å². The Bertz CT molecular complexity index is 1390. The molecule has 2 aliphatic heterocycles. The number of urea groups is 1. The molecule has 2 aliphatic rings. The maximum Gasteiger partial charge on any atom is 0.426 e. The third-order valence-electron chi connectivity index (χ3n) is 7.02. The van der Waals surface area contributed by atoms with Crippen molar-refractivity contribution in [3.8, 4) is 17.6 Å². The molecule has 0 radical (unpaired) electrons. The third-order valence-corrected chi connectivity index (χ3v) is 7.02. The molecule has 2 heterocycles. The Kier molecular flexibility index (Phi) is 12.3. The Morgan fingerprint density at radius 3 is 2.76 bits per heavy atom. The lowest BCUT2D eigenvalue weighted by Gasteiger charge is -2.32. The molecule has 4 amide bonds. The quantitative estimate of drug-likeness (QED) is 0.158. The number of benzene rings is 2. The largest absolute Gasteiger partial charge is 0.463 e. The van der Waals surface area contributed by atoms with E-state index in [2.05, 4.69) is 32.7 Å². The predicted octanol–water partition coefficient (Wildman–Crippen LogP) is 5.63. The first-order valence-corrected chi connectivity index (χ1v) is 15.3. The predicted molar refractivity (Wildman–Crippen MR) is 166 cm³/mol. The number of nitrogens with zero attached hydrogens (tertiary/aromatic N) is 1. The number of anilines is 1. The van der Waals surface area contributed by atoms with Gasteiger partial charge in [-0.05, 0) is 55.7 Å². The number of rotatable bonds is 12. The molecule has 2 aromatic carbocycles. The molecule has 0 aromatic heterocycles. The minimum absolute atomic E-state index is 0.201. The molecule has 4 rings (SSSR count). The number of cyclic esters (lactones) is 1. The van der Waals surface area contributed by atoms with Gasteiger partial charge in [0.2, 0.25) is 5.79 Å². The number of carbonyl (C=O) groups excluding carboxylic acids is 3. The second-order valence-corrected chi connectivity index (χ2v) is 11.1. The normalized spacial score (nSPS) is 16.4. The summed E-state index contributed by atoms with van der Waals surface area (Å²) in [6.07, 6.45) is 3.15. The average molecular weight is 623 g/mol. The molecule has 0 bridgehead atoms. The van der Waals surface area contributed by atoms with Crippen LogP contribution in [0.5, 0.6) is 5.75 Å². The van der Waals surface area contributed by atoms with Crippen LogP contribution in [-0.2, 0) is 25.6 Å². The lowest BCUT2D eigenvalue weighted by molar-refractivity contribution is -0.180. The molecule has 45 heavy (non-hydrogen) atoms. The number of hydrogen-bond donors (Lipinski definition) is 3. The van der Waals surface area contributed by atoms with Crippen LogP contribution >= 0.6 is 0 Å². The number of amides is 4. The fourth-order valence-corrected chi connectivity index (χ4v) is 4.78. The highest BCUT2D eigenvalue weighted by molar-refractivity contribution is 5.90. The van der Waals surface area contributed by atoms with E-state index < -0.39 is 17.9 Å². The monoisotopic (exact) mass is 622 g/mol. The lowest BCUT2D eigenvalue weighted by atomic mass is 10.0. The van der Waals surface area contributed by atoms with Crippen LogP contribution in [0.2, 0.25) is 0 Å². The van der Waals surface area contributed by atoms with Gasteiger partial charge in [0.05, 0.1) is 26.4 Å². The third kappa shape index (κ3) is 10.9. The number of ether oxygens (including phenoxy) is 5. The van der Waals surface area contributed by atoms with Crippen LogP contribution in [0.3, 0.4) is 0 Å². The molecule has 242 valence electrons. The van der Waals surface area contributed by atoms with Gasteiger partial charge in [0.15, 0.2) is 0 Å². The van der Waals surface area contributed by atoms with Crippen LogP contribution in [0.15, 0.2) is 42.5 Å². The Morgan fingerprint density at radius 2 is 1.91 bits per heavy atom. The highest BCUT2D eigenvalue weighted by atomic mass is 16.7. The standard InChI is InChI=1S/C33H42N4O8/c1-4-42-31(39)36-35-30(38)34-27-14-11-13-24(20-27)12-7-10-19-41-18-9-6-5-8-17-37-22-29(44-32(37)40)25-15-16-28-26(21-25)23-43-33(2,3)45-28/h11,13-16,20-21,29H,4-6,8-10,17-19,22-23H2,1-3H3,(H,36,39)(H2,34,35,38)/t29-/m0/s1. The summed E-state index contributed by atoms with van der Waals surface area (Å²) in [5.41, 5.74) is 7.53. The zero-order chi connectivity index (χ0) is 32.1. The molecule has 3 N–H and O–H groups in total. The summed E-state index contributed by atoms with van der Waals surface area (Å²) in [5, 5.41) is 2.61. The van der Waals surface area contributed by atoms with Crippen molar-refractivity contribution in [2.45, 2.75) is 71.4 Å². The van der Waals surface area contributed by atoms with Gasteiger partial charge in [0.25, 0.3) is 0 Å². The number of nitrogens with one attached hydrogen (secondary N) is 3. The lowest BCUT2D eigenvalue weighted by Crippen LogP contribution is -2.44. The van der Waals surface area contributed by atoms with E-state index in [1.165, 1.54) is 0 Å². The minimum atomic E-state index is -0.742. The maximum absolute atomic E-state index is 12.4. The Hall–Kier alpha value is -4.47. The van der Waals surface area contributed by atoms with Crippen molar-refractivity contribution in [2.75, 3.05) is 38.2 Å². The molecule has 1 saturated heterocycles. The van der Waals surface area contributed by atoms with Crippen LogP contribution in [0, 0.1) is 11.8 Å². The Balaban J connectivity index is 1.04. The van der Waals surface area contributed by atoms with E-state index in [9.17, 15) is 14.4 Å². The average Bonchev–Trinajstić information content (AvgIpc) is 3.38. The van der Waals surface area contributed by atoms with Gasteiger partial charge < -0.3 is 33.9 Å². The number of hydrogen-bond acceptors (Lipinski definition) is 8. The van der Waals surface area contributed by atoms with Gasteiger partial charge in [-0.1, -0.05) is 36.8 Å². The van der Waals surface area contributed by atoms with Crippen molar-refractivity contribution in [2.24, 2.45) is 0 Å². The van der Waals surface area contributed by atoms with E-state index in [0.29, 0.717) is 45.0 Å². The molecule has 1 fully saturated rings. The van der Waals surface area contributed by atoms with Crippen molar-refractivity contribution in [1.82, 2.24) is 15.8 Å². The van der Waals surface area contributed by atoms with Gasteiger partial charge in [-0.2, -0.15) is 0 Å². The van der Waals surface area contributed by atoms with Crippen LogP contribution in [-0.4, -0.2) is 61.8 Å². The first-order valence-electron chi connectivity index (χ1n) is 15.3. The number of unbranched alkanes of at least 4 members (excludes halogenated alkanes) is 3. The first-order chi connectivity index (χ1) is 21.7. The van der Waals surface area contributed by atoms with Crippen LogP contribution in [0.25, 0.3) is 0 Å². The maximum atomic E-state index is 12.4. The second kappa shape index (κ2) is 16.6. The minimum Gasteiger partial charge on any atom is -0.463 e. The van der Waals surface area contributed by atoms with Crippen LogP contribution < -0.4 is 20.9 Å². The number of fused-ring (bicyclic) bond motifs is 1. The zero-order valence-corrected chi connectivity index (χ0v) is 26.1. The van der Waals surface area contributed by atoms with E-state index in [0.717, 1.165) is 48.1 Å². The zero-order valence-electron chi connectivity index (χ0n) is 26.1. The molecule has 0 aliphatic carbocycles. The molecular formula is C33H42N4O8. The fraction of sp³-hybridized carbons (Fsp3) is 0.485. The van der Waals surface area contributed by atoms with E-state index in [1.807, 2.05) is 38.1 Å². The fourth-order valence-electron chi connectivity index (χ4n) is 4.78. The van der Waals surface area contributed by atoms with E-state index in [-0.39, 0.29) is 18.8 Å². The van der Waals surface area contributed by atoms with Gasteiger partial charge in [-0.25, -0.2) is 25.2 Å². The van der Waals surface area contributed by atoms with Gasteiger partial charge in [-0.15, -0.1) is 0 Å². The van der Waals surface area contributed by atoms with Crippen molar-refractivity contribution in [1.29, 1.82) is 0 Å². The highest BCUT2D eigenvalue weighted by Gasteiger charge is 2.33.